The summed E-state index contributed by atoms with van der Waals surface area (Å²) in [5.41, 5.74) is 1.15. The number of ether oxygens (including phenoxy) is 1. The molecule has 4 nitrogen and oxygen atoms in total. The van der Waals surface area contributed by atoms with Crippen molar-refractivity contribution in [2.45, 2.75) is 6.54 Å². The fourth-order valence-corrected chi connectivity index (χ4v) is 1.43. The van der Waals surface area contributed by atoms with Crippen LogP contribution in [-0.2, 0) is 6.54 Å². The Morgan fingerprint density at radius 1 is 1.17 bits per heavy atom. The first-order chi connectivity index (χ1) is 8.88. The molecule has 0 fully saturated rings. The summed E-state index contributed by atoms with van der Waals surface area (Å²) in [6, 6.07) is 9.68. The van der Waals surface area contributed by atoms with Crippen molar-refractivity contribution in [3.8, 4) is 5.75 Å². The van der Waals surface area contributed by atoms with E-state index in [-0.39, 0.29) is 0 Å². The summed E-state index contributed by atoms with van der Waals surface area (Å²) in [6.07, 6.45) is 5.14. The van der Waals surface area contributed by atoms with Gasteiger partial charge in [0.05, 0.1) is 0 Å². The third-order valence-electron chi connectivity index (χ3n) is 2.31. The van der Waals surface area contributed by atoms with Gasteiger partial charge >= 0.3 is 0 Å². The predicted molar refractivity (Wildman–Crippen MR) is 71.5 cm³/mol. The number of benzene rings is 1. The molecule has 0 atom stereocenters. The monoisotopic (exact) mass is 241 g/mol. The molecular formula is C14H15N3O. The van der Waals surface area contributed by atoms with Gasteiger partial charge in [-0.3, -0.25) is 0 Å². The van der Waals surface area contributed by atoms with Crippen molar-refractivity contribution in [2.75, 3.05) is 11.9 Å². The summed E-state index contributed by atoms with van der Waals surface area (Å²) in [5, 5.41) is 3.14. The molecule has 0 unspecified atom stereocenters. The zero-order valence-corrected chi connectivity index (χ0v) is 10.0. The minimum absolute atomic E-state index is 0.523. The highest BCUT2D eigenvalue weighted by molar-refractivity contribution is 5.31. The van der Waals surface area contributed by atoms with Crippen molar-refractivity contribution in [1.29, 1.82) is 0 Å². The third kappa shape index (κ3) is 3.59. The van der Waals surface area contributed by atoms with Gasteiger partial charge in [0.2, 0.25) is 5.95 Å². The maximum Gasteiger partial charge on any atom is 0.222 e. The Morgan fingerprint density at radius 2 is 1.89 bits per heavy atom. The molecule has 0 radical (unpaired) electrons. The maximum atomic E-state index is 5.41. The molecular weight excluding hydrogens is 226 g/mol. The Labute approximate surface area is 106 Å². The van der Waals surface area contributed by atoms with Crippen LogP contribution in [0.3, 0.4) is 0 Å². The molecule has 1 N–H and O–H groups in total. The summed E-state index contributed by atoms with van der Waals surface area (Å²) < 4.78 is 5.41. The molecule has 18 heavy (non-hydrogen) atoms. The first-order valence-corrected chi connectivity index (χ1v) is 5.72. The lowest BCUT2D eigenvalue weighted by Gasteiger charge is -2.06. The van der Waals surface area contributed by atoms with E-state index in [4.69, 9.17) is 4.74 Å². The Hall–Kier alpha value is -2.36. The number of nitrogens with one attached hydrogen (secondary N) is 1. The van der Waals surface area contributed by atoms with Gasteiger partial charge in [-0.1, -0.05) is 24.8 Å². The van der Waals surface area contributed by atoms with Gasteiger partial charge in [-0.25, -0.2) is 9.97 Å². The molecule has 1 aromatic carbocycles. The van der Waals surface area contributed by atoms with Crippen LogP contribution < -0.4 is 10.1 Å². The zero-order chi connectivity index (χ0) is 12.6. The van der Waals surface area contributed by atoms with Gasteiger partial charge in [-0.15, -0.1) is 0 Å². The van der Waals surface area contributed by atoms with Crippen LogP contribution in [0.15, 0.2) is 55.4 Å². The number of hydrogen-bond acceptors (Lipinski definition) is 4. The number of anilines is 1. The topological polar surface area (TPSA) is 47.0 Å². The highest BCUT2D eigenvalue weighted by atomic mass is 16.5. The van der Waals surface area contributed by atoms with E-state index >= 15 is 0 Å². The zero-order valence-electron chi connectivity index (χ0n) is 10.0. The van der Waals surface area contributed by atoms with Crippen molar-refractivity contribution in [3.05, 3.63) is 60.9 Å². The number of nitrogens with zero attached hydrogens (tertiary/aromatic N) is 2. The number of rotatable bonds is 6. The lowest BCUT2D eigenvalue weighted by atomic mass is 10.2. The molecule has 0 bridgehead atoms. The molecule has 2 rings (SSSR count). The minimum atomic E-state index is 0.523. The van der Waals surface area contributed by atoms with Crippen molar-refractivity contribution < 1.29 is 4.74 Å². The van der Waals surface area contributed by atoms with E-state index in [2.05, 4.69) is 21.9 Å². The van der Waals surface area contributed by atoms with E-state index < -0.39 is 0 Å². The highest BCUT2D eigenvalue weighted by Gasteiger charge is 1.96. The smallest absolute Gasteiger partial charge is 0.222 e. The second kappa shape index (κ2) is 6.39. The van der Waals surface area contributed by atoms with Crippen molar-refractivity contribution in [3.63, 3.8) is 0 Å². The van der Waals surface area contributed by atoms with Gasteiger partial charge in [0.25, 0.3) is 0 Å². The summed E-state index contributed by atoms with van der Waals surface area (Å²) >= 11 is 0. The normalized spacial score (nSPS) is 9.78. The molecule has 0 spiro atoms. The van der Waals surface area contributed by atoms with Crippen LogP contribution in [0.2, 0.25) is 0 Å². The molecule has 92 valence electrons. The predicted octanol–water partition coefficient (Wildman–Crippen LogP) is 2.65. The molecule has 1 aromatic heterocycles. The van der Waals surface area contributed by atoms with Crippen LogP contribution >= 0.6 is 0 Å². The van der Waals surface area contributed by atoms with Gasteiger partial charge in [-0.2, -0.15) is 0 Å². The molecule has 0 aliphatic rings. The average Bonchev–Trinajstić information content (AvgIpc) is 2.45. The first-order valence-electron chi connectivity index (χ1n) is 5.72. The fourth-order valence-electron chi connectivity index (χ4n) is 1.43. The second-order valence-electron chi connectivity index (χ2n) is 3.67. The minimum Gasteiger partial charge on any atom is -0.490 e. The summed E-state index contributed by atoms with van der Waals surface area (Å²) in [4.78, 5) is 8.19. The second-order valence-corrected chi connectivity index (χ2v) is 3.67. The van der Waals surface area contributed by atoms with Crippen LogP contribution in [0.1, 0.15) is 5.56 Å². The van der Waals surface area contributed by atoms with Crippen LogP contribution in [0.5, 0.6) is 5.75 Å². The summed E-state index contributed by atoms with van der Waals surface area (Å²) in [5.74, 6) is 1.47. The number of aromatic nitrogens is 2. The Bertz CT molecular complexity index is 482. The van der Waals surface area contributed by atoms with E-state index in [9.17, 15) is 0 Å². The van der Waals surface area contributed by atoms with Crippen molar-refractivity contribution in [2.24, 2.45) is 0 Å². The van der Waals surface area contributed by atoms with Gasteiger partial charge in [0.15, 0.2) is 0 Å². The molecule has 0 saturated carbocycles. The van der Waals surface area contributed by atoms with Gasteiger partial charge in [0.1, 0.15) is 12.4 Å². The van der Waals surface area contributed by atoms with Crippen LogP contribution in [0.4, 0.5) is 5.95 Å². The maximum absolute atomic E-state index is 5.41. The summed E-state index contributed by atoms with van der Waals surface area (Å²) in [6.45, 7) is 4.82. The number of hydrogen-bond donors (Lipinski definition) is 1. The van der Waals surface area contributed by atoms with Gasteiger partial charge in [0, 0.05) is 18.9 Å². The van der Waals surface area contributed by atoms with Crippen LogP contribution in [0.25, 0.3) is 0 Å². The van der Waals surface area contributed by atoms with E-state index in [0.717, 1.165) is 11.3 Å². The van der Waals surface area contributed by atoms with E-state index in [0.29, 0.717) is 19.1 Å². The molecule has 0 aliphatic heterocycles. The van der Waals surface area contributed by atoms with E-state index in [1.165, 1.54) is 0 Å². The molecule has 1 heterocycles. The average molecular weight is 241 g/mol. The Morgan fingerprint density at radius 3 is 2.56 bits per heavy atom. The Balaban J connectivity index is 1.88. The van der Waals surface area contributed by atoms with Gasteiger partial charge < -0.3 is 10.1 Å². The lowest BCUT2D eigenvalue weighted by molar-refractivity contribution is 0.363. The highest BCUT2D eigenvalue weighted by Crippen LogP contribution is 2.12. The molecule has 0 aliphatic carbocycles. The van der Waals surface area contributed by atoms with Crippen LogP contribution in [0, 0.1) is 0 Å². The molecule has 0 amide bonds. The van der Waals surface area contributed by atoms with E-state index in [1.54, 1.807) is 24.5 Å². The lowest BCUT2D eigenvalue weighted by Crippen LogP contribution is -2.02. The molecule has 4 heteroatoms. The van der Waals surface area contributed by atoms with Crippen molar-refractivity contribution >= 4 is 5.95 Å². The van der Waals surface area contributed by atoms with Gasteiger partial charge in [-0.05, 0) is 23.8 Å². The molecule has 0 saturated heterocycles. The fraction of sp³-hybridized carbons (Fsp3) is 0.143. The standard InChI is InChI=1S/C14H15N3O/c1-2-10-18-13-6-4-12(5-7-13)11-17-14-15-8-3-9-16-14/h2-9H,1,10-11H2,(H,15,16,17). The Kier molecular flexibility index (Phi) is 4.30. The largest absolute Gasteiger partial charge is 0.490 e. The SMILES string of the molecule is C=CCOc1ccc(CNc2ncccn2)cc1. The van der Waals surface area contributed by atoms with Crippen LogP contribution in [-0.4, -0.2) is 16.6 Å². The first kappa shape index (κ1) is 12.1. The summed E-state index contributed by atoms with van der Waals surface area (Å²) in [7, 11) is 0. The quantitative estimate of drug-likeness (QED) is 0.790. The van der Waals surface area contributed by atoms with E-state index in [1.807, 2.05) is 24.3 Å². The molecule has 2 aromatic rings. The van der Waals surface area contributed by atoms with Crippen molar-refractivity contribution in [1.82, 2.24) is 9.97 Å². The third-order valence-corrected chi connectivity index (χ3v) is 2.31.